The molecule has 0 aliphatic carbocycles. The number of aromatic nitrogens is 2. The van der Waals surface area contributed by atoms with Crippen LogP contribution in [0.4, 0.5) is 0 Å². The second-order valence-electron chi connectivity index (χ2n) is 2.45. The molecule has 1 heterocycles. The molecule has 5 heteroatoms. The van der Waals surface area contributed by atoms with Crippen LogP contribution >= 0.6 is 27.5 Å². The third kappa shape index (κ3) is 1.47. The maximum Gasteiger partial charge on any atom is 0.226 e. The molecule has 0 unspecified atom stereocenters. The fourth-order valence-electron chi connectivity index (χ4n) is 1.07. The van der Waals surface area contributed by atoms with Crippen molar-refractivity contribution in [1.82, 2.24) is 9.97 Å². The number of benzene rings is 1. The normalized spacial score (nSPS) is 10.6. The summed E-state index contributed by atoms with van der Waals surface area (Å²) < 4.78 is 0.782. The summed E-state index contributed by atoms with van der Waals surface area (Å²) >= 11 is 8.90. The first kappa shape index (κ1) is 8.72. The highest BCUT2D eigenvalue weighted by Crippen LogP contribution is 2.28. The Balaban J connectivity index is 2.94. The molecule has 0 atom stereocenters. The summed E-state index contributed by atoms with van der Waals surface area (Å²) in [5, 5.41) is 10.0. The van der Waals surface area contributed by atoms with Crippen molar-refractivity contribution in [3.63, 3.8) is 0 Å². The average Bonchev–Trinajstić information content (AvgIpc) is 2.07. The first-order valence-electron chi connectivity index (χ1n) is 3.49. The van der Waals surface area contributed by atoms with E-state index in [0.29, 0.717) is 10.9 Å². The summed E-state index contributed by atoms with van der Waals surface area (Å²) in [7, 11) is 0. The van der Waals surface area contributed by atoms with Gasteiger partial charge >= 0.3 is 0 Å². The minimum atomic E-state index is -0.101. The monoisotopic (exact) mass is 258 g/mol. The van der Waals surface area contributed by atoms with Crippen LogP contribution in [0.5, 0.6) is 5.88 Å². The van der Waals surface area contributed by atoms with Crippen LogP contribution in [-0.4, -0.2) is 15.1 Å². The van der Waals surface area contributed by atoms with Crippen molar-refractivity contribution in [2.45, 2.75) is 0 Å². The smallest absolute Gasteiger partial charge is 0.226 e. The molecule has 0 saturated heterocycles. The van der Waals surface area contributed by atoms with Crippen LogP contribution in [0.25, 0.3) is 10.9 Å². The fourth-order valence-corrected chi connectivity index (χ4v) is 1.69. The quantitative estimate of drug-likeness (QED) is 0.740. The third-order valence-electron chi connectivity index (χ3n) is 1.63. The van der Waals surface area contributed by atoms with Gasteiger partial charge in [0.25, 0.3) is 0 Å². The van der Waals surface area contributed by atoms with Gasteiger partial charge < -0.3 is 5.11 Å². The molecule has 0 aliphatic heterocycles. The van der Waals surface area contributed by atoms with Gasteiger partial charge in [0.1, 0.15) is 0 Å². The van der Waals surface area contributed by atoms with Gasteiger partial charge in [-0.05, 0) is 39.7 Å². The largest absolute Gasteiger partial charge is 0.493 e. The SMILES string of the molecule is Oc1nc(Cl)nc2c(Br)cccc12. The molecule has 3 nitrogen and oxygen atoms in total. The molecule has 2 rings (SSSR count). The highest BCUT2D eigenvalue weighted by Gasteiger charge is 2.06. The Bertz CT molecular complexity index is 475. The van der Waals surface area contributed by atoms with E-state index in [2.05, 4.69) is 25.9 Å². The van der Waals surface area contributed by atoms with Gasteiger partial charge in [-0.1, -0.05) is 6.07 Å². The first-order valence-corrected chi connectivity index (χ1v) is 4.66. The van der Waals surface area contributed by atoms with Gasteiger partial charge in [-0.25, -0.2) is 4.98 Å². The van der Waals surface area contributed by atoms with Crippen molar-refractivity contribution in [3.05, 3.63) is 28.0 Å². The molecule has 2 aromatic rings. The van der Waals surface area contributed by atoms with Crippen LogP contribution in [0.1, 0.15) is 0 Å². The van der Waals surface area contributed by atoms with Crippen molar-refractivity contribution < 1.29 is 5.11 Å². The highest BCUT2D eigenvalue weighted by molar-refractivity contribution is 9.10. The van der Waals surface area contributed by atoms with E-state index in [9.17, 15) is 5.11 Å². The van der Waals surface area contributed by atoms with E-state index in [1.165, 1.54) is 0 Å². The number of fused-ring (bicyclic) bond motifs is 1. The number of hydrogen-bond acceptors (Lipinski definition) is 3. The molecule has 0 radical (unpaired) electrons. The maximum atomic E-state index is 9.42. The lowest BCUT2D eigenvalue weighted by molar-refractivity contribution is 0.459. The van der Waals surface area contributed by atoms with Gasteiger partial charge in [0.2, 0.25) is 11.2 Å². The number of nitrogens with zero attached hydrogens (tertiary/aromatic N) is 2. The Morgan fingerprint density at radius 3 is 2.85 bits per heavy atom. The molecule has 1 aromatic heterocycles. The number of hydrogen-bond donors (Lipinski definition) is 1. The molecule has 0 amide bonds. The van der Waals surface area contributed by atoms with E-state index in [1.54, 1.807) is 12.1 Å². The zero-order valence-electron chi connectivity index (χ0n) is 6.33. The summed E-state index contributed by atoms with van der Waals surface area (Å²) in [4.78, 5) is 7.62. The van der Waals surface area contributed by atoms with Crippen LogP contribution in [-0.2, 0) is 0 Å². The van der Waals surface area contributed by atoms with Crippen LogP contribution in [0.3, 0.4) is 0 Å². The fraction of sp³-hybridized carbons (Fsp3) is 0. The van der Waals surface area contributed by atoms with E-state index < -0.39 is 0 Å². The molecule has 1 N–H and O–H groups in total. The molecule has 1 aromatic carbocycles. The molecular formula is C8H4BrClN2O. The molecule has 13 heavy (non-hydrogen) atoms. The Labute approximate surface area is 87.5 Å². The summed E-state index contributed by atoms with van der Waals surface area (Å²) in [6.45, 7) is 0. The summed E-state index contributed by atoms with van der Waals surface area (Å²) in [5.74, 6) is -0.101. The Morgan fingerprint density at radius 2 is 2.08 bits per heavy atom. The van der Waals surface area contributed by atoms with Crippen molar-refractivity contribution in [3.8, 4) is 5.88 Å². The minimum absolute atomic E-state index is 0.0388. The topological polar surface area (TPSA) is 46.0 Å². The zero-order chi connectivity index (χ0) is 9.42. The summed E-state index contributed by atoms with van der Waals surface area (Å²) in [6.07, 6.45) is 0. The van der Waals surface area contributed by atoms with E-state index in [0.717, 1.165) is 4.47 Å². The zero-order valence-corrected chi connectivity index (χ0v) is 8.67. The van der Waals surface area contributed by atoms with Crippen molar-refractivity contribution in [1.29, 1.82) is 0 Å². The molecule has 0 fully saturated rings. The van der Waals surface area contributed by atoms with Gasteiger partial charge in [-0.15, -0.1) is 0 Å². The Kier molecular flexibility index (Phi) is 2.09. The van der Waals surface area contributed by atoms with Gasteiger partial charge in [0, 0.05) is 4.47 Å². The van der Waals surface area contributed by atoms with Crippen molar-refractivity contribution in [2.24, 2.45) is 0 Å². The first-order chi connectivity index (χ1) is 6.18. The third-order valence-corrected chi connectivity index (χ3v) is 2.44. The molecular weight excluding hydrogens is 255 g/mol. The average molecular weight is 259 g/mol. The van der Waals surface area contributed by atoms with Gasteiger partial charge in [-0.3, -0.25) is 0 Å². The van der Waals surface area contributed by atoms with Crippen LogP contribution in [0, 0.1) is 0 Å². The standard InChI is InChI=1S/C8H4BrClN2O/c9-5-3-1-2-4-6(5)11-8(10)12-7(4)13/h1-3H,(H,11,12,13). The van der Waals surface area contributed by atoms with Crippen LogP contribution in [0.15, 0.2) is 22.7 Å². The Morgan fingerprint density at radius 1 is 1.31 bits per heavy atom. The van der Waals surface area contributed by atoms with Crippen molar-refractivity contribution >= 4 is 38.4 Å². The molecule has 0 bridgehead atoms. The predicted octanol–water partition coefficient (Wildman–Crippen LogP) is 2.75. The number of para-hydroxylation sites is 1. The van der Waals surface area contributed by atoms with E-state index in [-0.39, 0.29) is 11.2 Å². The van der Waals surface area contributed by atoms with Gasteiger partial charge in [-0.2, -0.15) is 4.98 Å². The second-order valence-corrected chi connectivity index (χ2v) is 3.64. The lowest BCUT2D eigenvalue weighted by Gasteiger charge is -2.01. The number of aromatic hydroxyl groups is 1. The van der Waals surface area contributed by atoms with Gasteiger partial charge in [0.05, 0.1) is 10.9 Å². The van der Waals surface area contributed by atoms with Crippen LogP contribution in [0.2, 0.25) is 5.28 Å². The lowest BCUT2D eigenvalue weighted by Crippen LogP contribution is -1.86. The van der Waals surface area contributed by atoms with Gasteiger partial charge in [0.15, 0.2) is 0 Å². The van der Waals surface area contributed by atoms with E-state index >= 15 is 0 Å². The van der Waals surface area contributed by atoms with Crippen LogP contribution < -0.4 is 0 Å². The minimum Gasteiger partial charge on any atom is -0.493 e. The predicted molar refractivity (Wildman–Crippen MR) is 53.9 cm³/mol. The van der Waals surface area contributed by atoms with E-state index in [1.807, 2.05) is 6.07 Å². The molecule has 0 aliphatic rings. The molecule has 0 spiro atoms. The van der Waals surface area contributed by atoms with Crippen molar-refractivity contribution in [2.75, 3.05) is 0 Å². The summed E-state index contributed by atoms with van der Waals surface area (Å²) in [6, 6.07) is 5.35. The highest BCUT2D eigenvalue weighted by atomic mass is 79.9. The molecule has 66 valence electrons. The lowest BCUT2D eigenvalue weighted by atomic mass is 10.2. The number of halogens is 2. The Hall–Kier alpha value is -0.870. The maximum absolute atomic E-state index is 9.42. The second kappa shape index (κ2) is 3.12. The van der Waals surface area contributed by atoms with E-state index in [4.69, 9.17) is 11.6 Å². The molecule has 0 saturated carbocycles. The number of rotatable bonds is 0. The summed E-state index contributed by atoms with van der Waals surface area (Å²) in [5.41, 5.74) is 0.611.